The molecule has 3 aromatic rings. The molecule has 0 aliphatic heterocycles. The van der Waals surface area contributed by atoms with E-state index in [4.69, 9.17) is 10.5 Å². The number of amides is 1. The molecule has 35 heavy (non-hydrogen) atoms. The number of carbonyl (C=O) groups excluding carboxylic acids is 1. The van der Waals surface area contributed by atoms with Crippen LogP contribution in [0.1, 0.15) is 18.9 Å². The third-order valence-electron chi connectivity index (χ3n) is 4.21. The van der Waals surface area contributed by atoms with Crippen molar-refractivity contribution in [2.45, 2.75) is 26.4 Å². The van der Waals surface area contributed by atoms with Crippen LogP contribution in [-0.2, 0) is 14.5 Å². The van der Waals surface area contributed by atoms with Crippen LogP contribution in [0.3, 0.4) is 0 Å². The quantitative estimate of drug-likeness (QED) is 0.446. The lowest BCUT2D eigenvalue weighted by molar-refractivity contribution is -0.130. The minimum Gasteiger partial charge on any atom is -0.481 e. The van der Waals surface area contributed by atoms with Gasteiger partial charge in [-0.05, 0) is 36.8 Å². The van der Waals surface area contributed by atoms with E-state index in [0.29, 0.717) is 22.7 Å². The van der Waals surface area contributed by atoms with Crippen LogP contribution in [0.2, 0.25) is 0 Å². The van der Waals surface area contributed by atoms with Gasteiger partial charge in [0.05, 0.1) is 16.9 Å². The molecule has 0 saturated carbocycles. The molecule has 2 aromatic carbocycles. The molecule has 1 aromatic heterocycles. The molecule has 0 saturated heterocycles. The number of rotatable bonds is 6. The van der Waals surface area contributed by atoms with E-state index in [9.17, 15) is 26.6 Å². The normalized spacial score (nSPS) is 11.4. The van der Waals surface area contributed by atoms with Crippen molar-refractivity contribution in [3.63, 3.8) is 0 Å². The van der Waals surface area contributed by atoms with E-state index in [1.165, 1.54) is 18.5 Å². The van der Waals surface area contributed by atoms with Crippen molar-refractivity contribution in [3.8, 4) is 5.75 Å². The molecule has 0 spiro atoms. The topological polar surface area (TPSA) is 120 Å². The lowest BCUT2D eigenvalue weighted by Crippen LogP contribution is -2.20. The van der Waals surface area contributed by atoms with Gasteiger partial charge in [0.2, 0.25) is 0 Å². The maximum atomic E-state index is 13.6. The first-order valence-corrected chi connectivity index (χ1v) is 12.5. The second-order valence-electron chi connectivity index (χ2n) is 7.64. The molecule has 1 heterocycles. The van der Waals surface area contributed by atoms with Gasteiger partial charge >= 0.3 is 6.18 Å². The highest BCUT2D eigenvalue weighted by molar-refractivity contribution is 7.92. The molecule has 190 valence electrons. The Morgan fingerprint density at radius 1 is 1.20 bits per heavy atom. The van der Waals surface area contributed by atoms with E-state index >= 15 is 0 Å². The highest BCUT2D eigenvalue weighted by Crippen LogP contribution is 2.33. The highest BCUT2D eigenvalue weighted by Gasteiger charge is 2.22. The van der Waals surface area contributed by atoms with E-state index < -0.39 is 34.1 Å². The summed E-state index contributed by atoms with van der Waals surface area (Å²) in [4.78, 5) is 19.6. The van der Waals surface area contributed by atoms with Crippen molar-refractivity contribution in [1.29, 1.82) is 0 Å². The second kappa shape index (κ2) is 11.3. The van der Waals surface area contributed by atoms with Gasteiger partial charge in [-0.15, -0.1) is 0 Å². The van der Waals surface area contributed by atoms with Gasteiger partial charge < -0.3 is 15.8 Å². The smallest absolute Gasteiger partial charge is 0.388 e. The van der Waals surface area contributed by atoms with Crippen LogP contribution in [0.15, 0.2) is 41.0 Å². The second-order valence-corrected chi connectivity index (χ2v) is 10.2. The molecule has 0 radical (unpaired) electrons. The molecule has 0 atom stereocenters. The van der Waals surface area contributed by atoms with Crippen molar-refractivity contribution in [1.82, 2.24) is 9.97 Å². The van der Waals surface area contributed by atoms with Crippen LogP contribution in [-0.4, -0.2) is 45.4 Å². The number of hydrogen-bond donors (Lipinski definition) is 2. The largest absolute Gasteiger partial charge is 0.481 e. The molecule has 0 fully saturated rings. The lowest BCUT2D eigenvalue weighted by Gasteiger charge is -2.14. The Labute approximate surface area is 200 Å². The maximum Gasteiger partial charge on any atom is 0.388 e. The molecule has 8 nitrogen and oxygen atoms in total. The number of hydrogen-bond acceptors (Lipinski definition) is 7. The summed E-state index contributed by atoms with van der Waals surface area (Å²) >= 11 is 0. The summed E-state index contributed by atoms with van der Waals surface area (Å²) in [5.41, 5.74) is 7.49. The Hall–Kier alpha value is -3.48. The number of nitrogens with one attached hydrogen (secondary N) is 1. The van der Waals surface area contributed by atoms with Gasteiger partial charge in [-0.3, -0.25) is 4.79 Å². The zero-order chi connectivity index (χ0) is 26.4. The lowest BCUT2D eigenvalue weighted by atomic mass is 10.1. The van der Waals surface area contributed by atoms with E-state index in [0.717, 1.165) is 23.9 Å². The number of nitrogens with zero attached hydrogens (tertiary/aromatic N) is 3. The predicted octanol–water partition coefficient (Wildman–Crippen LogP) is 5.00. The summed E-state index contributed by atoms with van der Waals surface area (Å²) in [6.45, 7) is 2.55. The number of carbonyl (C=O) groups is 1. The maximum absolute atomic E-state index is 13.6. The van der Waals surface area contributed by atoms with Crippen LogP contribution < -0.4 is 15.8 Å². The van der Waals surface area contributed by atoms with Crippen molar-refractivity contribution in [3.05, 3.63) is 48.0 Å². The van der Waals surface area contributed by atoms with E-state index in [1.54, 1.807) is 24.6 Å². The standard InChI is InChI=1S/C19H20FN5O3S.C3H5F3/c1-11-6-13(25-29(2,3)27)8-15-18(11)19(23-10-22-15)24-14-5-4-12(20)7-16(14)28-9-17(21)26;1-2-3(4,5)6/h4-8,10H,9H2,1-3H3,(H2,21,26)(H,22,23,24);2H2,1H3. The van der Waals surface area contributed by atoms with E-state index in [1.807, 2.05) is 6.92 Å². The van der Waals surface area contributed by atoms with Gasteiger partial charge in [-0.1, -0.05) is 6.92 Å². The highest BCUT2D eigenvalue weighted by atomic mass is 32.2. The van der Waals surface area contributed by atoms with Gasteiger partial charge in [0.25, 0.3) is 5.91 Å². The fourth-order valence-corrected chi connectivity index (χ4v) is 3.38. The predicted molar refractivity (Wildman–Crippen MR) is 127 cm³/mol. The molecule has 0 aliphatic rings. The Morgan fingerprint density at radius 3 is 2.43 bits per heavy atom. The van der Waals surface area contributed by atoms with Gasteiger partial charge in [0.1, 0.15) is 23.7 Å². The SMILES string of the molecule is CCC(F)(F)F.Cc1cc(N=S(C)(C)=O)cc2ncnc(Nc3ccc(F)cc3OCC(N)=O)c12. The molecule has 0 bridgehead atoms. The molecule has 0 unspecified atom stereocenters. The van der Waals surface area contributed by atoms with Crippen LogP contribution in [0.25, 0.3) is 10.9 Å². The van der Waals surface area contributed by atoms with E-state index in [-0.39, 0.29) is 12.4 Å². The molecular formula is C22H25F4N5O3S. The number of fused-ring (bicyclic) bond motifs is 1. The summed E-state index contributed by atoms with van der Waals surface area (Å²) in [5.74, 6) is -0.615. The van der Waals surface area contributed by atoms with Crippen LogP contribution in [0.4, 0.5) is 34.8 Å². The minimum absolute atomic E-state index is 0.122. The Kier molecular flexibility index (Phi) is 8.96. The fourth-order valence-electron chi connectivity index (χ4n) is 2.77. The molecule has 1 amide bonds. The Bertz CT molecular complexity index is 1330. The van der Waals surface area contributed by atoms with Crippen LogP contribution in [0, 0.1) is 12.7 Å². The summed E-state index contributed by atoms with van der Waals surface area (Å²) in [6.07, 6.45) is -0.202. The molecule has 13 heteroatoms. The first-order chi connectivity index (χ1) is 16.2. The first kappa shape index (κ1) is 27.8. The van der Waals surface area contributed by atoms with Gasteiger partial charge in [-0.2, -0.15) is 17.5 Å². The number of aromatic nitrogens is 2. The van der Waals surface area contributed by atoms with Crippen LogP contribution in [0.5, 0.6) is 5.75 Å². The number of alkyl halides is 3. The van der Waals surface area contributed by atoms with Crippen molar-refractivity contribution in [2.24, 2.45) is 10.1 Å². The number of anilines is 2. The fraction of sp³-hybridized carbons (Fsp3) is 0.318. The minimum atomic E-state index is -3.96. The van der Waals surface area contributed by atoms with Gasteiger partial charge in [0.15, 0.2) is 6.61 Å². The zero-order valence-electron chi connectivity index (χ0n) is 19.4. The molecule has 3 rings (SSSR count). The molecule has 3 N–H and O–H groups in total. The van der Waals surface area contributed by atoms with Crippen molar-refractivity contribution in [2.75, 3.05) is 24.4 Å². The number of ether oxygens (including phenoxy) is 1. The zero-order valence-corrected chi connectivity index (χ0v) is 20.3. The molecular weight excluding hydrogens is 490 g/mol. The number of aryl methyl sites for hydroxylation is 1. The monoisotopic (exact) mass is 515 g/mol. The summed E-state index contributed by atoms with van der Waals surface area (Å²) in [7, 11) is -2.32. The van der Waals surface area contributed by atoms with Crippen molar-refractivity contribution >= 4 is 43.7 Å². The summed E-state index contributed by atoms with van der Waals surface area (Å²) in [6, 6.07) is 7.39. The number of benzene rings is 2. The third-order valence-corrected chi connectivity index (χ3v) is 4.86. The summed E-state index contributed by atoms with van der Waals surface area (Å²) in [5, 5.41) is 3.81. The van der Waals surface area contributed by atoms with E-state index in [2.05, 4.69) is 19.6 Å². The first-order valence-electron chi connectivity index (χ1n) is 10.2. The molecule has 0 aliphatic carbocycles. The number of halogens is 4. The third kappa shape index (κ3) is 9.00. The Morgan fingerprint density at radius 2 is 1.86 bits per heavy atom. The van der Waals surface area contributed by atoms with Crippen molar-refractivity contribution < 1.29 is 31.3 Å². The van der Waals surface area contributed by atoms with Gasteiger partial charge in [0, 0.05) is 40.1 Å². The van der Waals surface area contributed by atoms with Crippen LogP contribution >= 0.6 is 0 Å². The Balaban J connectivity index is 0.000000641. The summed E-state index contributed by atoms with van der Waals surface area (Å²) < 4.78 is 67.5. The average molecular weight is 516 g/mol. The number of nitrogens with two attached hydrogens (primary N) is 1. The average Bonchev–Trinajstić information content (AvgIpc) is 2.72. The number of primary amides is 1. The van der Waals surface area contributed by atoms with Gasteiger partial charge in [-0.25, -0.2) is 18.6 Å².